The van der Waals surface area contributed by atoms with Crippen molar-refractivity contribution in [1.82, 2.24) is 15.1 Å². The zero-order valence-electron chi connectivity index (χ0n) is 30.2. The van der Waals surface area contributed by atoms with Crippen LogP contribution in [0.5, 0.6) is 0 Å². The predicted octanol–water partition coefficient (Wildman–Crippen LogP) is 8.70. The molecule has 52 heavy (non-hydrogen) atoms. The zero-order valence-corrected chi connectivity index (χ0v) is 31.8. The number of methoxy groups -OCH3 is 1. The molecule has 0 saturated carbocycles. The number of esters is 1. The summed E-state index contributed by atoms with van der Waals surface area (Å²) >= 11 is 3.48. The lowest BCUT2D eigenvalue weighted by Crippen LogP contribution is -2.38. The van der Waals surface area contributed by atoms with Gasteiger partial charge in [0, 0.05) is 36.2 Å². The maximum atomic E-state index is 13.8. The smallest absolute Gasteiger partial charge is 0.337 e. The Morgan fingerprint density at radius 2 is 1.35 bits per heavy atom. The molecule has 2 aliphatic rings. The average Bonchev–Trinajstić information content (AvgIpc) is 3.19. The summed E-state index contributed by atoms with van der Waals surface area (Å²) in [5, 5.41) is 3.47. The van der Waals surface area contributed by atoms with E-state index >= 15 is 0 Å². The van der Waals surface area contributed by atoms with Crippen LogP contribution in [-0.4, -0.2) is 60.9 Å². The minimum atomic E-state index is -0.393. The number of hydrogen-bond acceptors (Lipinski definition) is 5. The first-order valence-corrected chi connectivity index (χ1v) is 19.5. The van der Waals surface area contributed by atoms with Crippen molar-refractivity contribution >= 4 is 33.7 Å². The van der Waals surface area contributed by atoms with E-state index in [9.17, 15) is 14.4 Å². The first-order chi connectivity index (χ1) is 25.3. The van der Waals surface area contributed by atoms with Gasteiger partial charge in [-0.2, -0.15) is 0 Å². The molecule has 0 spiro atoms. The van der Waals surface area contributed by atoms with Crippen molar-refractivity contribution in [3.8, 4) is 11.1 Å². The van der Waals surface area contributed by atoms with Gasteiger partial charge in [-0.05, 0) is 121 Å². The van der Waals surface area contributed by atoms with Gasteiger partial charge in [-0.25, -0.2) is 4.79 Å². The molecule has 0 bridgehead atoms. The van der Waals surface area contributed by atoms with Crippen LogP contribution >= 0.6 is 15.9 Å². The van der Waals surface area contributed by atoms with Crippen molar-refractivity contribution in [2.45, 2.75) is 64.5 Å². The second-order valence-electron chi connectivity index (χ2n) is 14.4. The lowest BCUT2D eigenvalue weighted by molar-refractivity contribution is -0.131. The SMILES string of the molecule is COC(=O)c1ccc(CN(Cc2cccc(-c3cccc(C(=O)N4CCC(CCCC5CCNCC5)CC4)c3)c2)C(=O)Cc2ccc(Br)cc2)cc1. The Morgan fingerprint density at radius 3 is 2.04 bits per heavy atom. The highest BCUT2D eigenvalue weighted by atomic mass is 79.9. The standard InChI is InChI=1S/C44H50BrN3O4/c1-52-44(51)37-15-11-35(12-16-37)30-48(42(49)28-34-13-17-41(45)18-14-34)31-36-7-3-8-38(27-36)39-9-4-10-40(29-39)43(50)47-25-21-33(22-26-47)6-2-5-32-19-23-46-24-20-32/h3-4,7-18,27,29,32-33,46H,2,5-6,19-26,28,30-31H2,1H3. The van der Waals surface area contributed by atoms with Gasteiger partial charge in [-0.3, -0.25) is 9.59 Å². The Bertz CT molecular complexity index is 1800. The number of piperidine rings is 2. The van der Waals surface area contributed by atoms with Gasteiger partial charge < -0.3 is 19.9 Å². The van der Waals surface area contributed by atoms with E-state index in [1.807, 2.05) is 82.6 Å². The first-order valence-electron chi connectivity index (χ1n) is 18.7. The summed E-state index contributed by atoms with van der Waals surface area (Å²) in [6, 6.07) is 31.2. The third-order valence-electron chi connectivity index (χ3n) is 10.7. The molecule has 2 amide bonds. The minimum Gasteiger partial charge on any atom is -0.465 e. The fourth-order valence-corrected chi connectivity index (χ4v) is 7.84. The van der Waals surface area contributed by atoms with Crippen LogP contribution < -0.4 is 5.32 Å². The molecular formula is C44H50BrN3O4. The Hall–Kier alpha value is -4.27. The molecule has 0 radical (unpaired) electrons. The number of nitrogens with one attached hydrogen (secondary N) is 1. The molecule has 2 aliphatic heterocycles. The van der Waals surface area contributed by atoms with Crippen molar-refractivity contribution in [1.29, 1.82) is 0 Å². The zero-order chi connectivity index (χ0) is 36.3. The second-order valence-corrected chi connectivity index (χ2v) is 15.3. The molecule has 4 aromatic carbocycles. The Balaban J connectivity index is 1.10. The topological polar surface area (TPSA) is 79.0 Å². The summed E-state index contributed by atoms with van der Waals surface area (Å²) < 4.78 is 5.82. The molecule has 8 heteroatoms. The van der Waals surface area contributed by atoms with Gasteiger partial charge in [-0.1, -0.05) is 89.8 Å². The molecule has 0 unspecified atom stereocenters. The van der Waals surface area contributed by atoms with E-state index in [0.29, 0.717) is 24.2 Å². The number of benzene rings is 4. The van der Waals surface area contributed by atoms with E-state index in [0.717, 1.165) is 70.1 Å². The van der Waals surface area contributed by atoms with E-state index < -0.39 is 5.97 Å². The Morgan fingerprint density at radius 1 is 0.731 bits per heavy atom. The van der Waals surface area contributed by atoms with Crippen LogP contribution in [0.1, 0.15) is 82.4 Å². The van der Waals surface area contributed by atoms with Crippen molar-refractivity contribution in [2.75, 3.05) is 33.3 Å². The van der Waals surface area contributed by atoms with Crippen molar-refractivity contribution in [2.24, 2.45) is 11.8 Å². The number of ether oxygens (including phenoxy) is 1. The van der Waals surface area contributed by atoms with Crippen LogP contribution in [0.15, 0.2) is 102 Å². The van der Waals surface area contributed by atoms with Crippen LogP contribution in [0.25, 0.3) is 11.1 Å². The van der Waals surface area contributed by atoms with Gasteiger partial charge in [0.25, 0.3) is 5.91 Å². The number of carbonyl (C=O) groups is 3. The van der Waals surface area contributed by atoms with Crippen molar-refractivity contribution in [3.63, 3.8) is 0 Å². The van der Waals surface area contributed by atoms with Crippen molar-refractivity contribution in [3.05, 3.63) is 129 Å². The fourth-order valence-electron chi connectivity index (χ4n) is 7.58. The summed E-state index contributed by atoms with van der Waals surface area (Å²) in [7, 11) is 1.36. The maximum Gasteiger partial charge on any atom is 0.337 e. The lowest BCUT2D eigenvalue weighted by Gasteiger charge is -2.32. The molecule has 0 atom stereocenters. The lowest BCUT2D eigenvalue weighted by atomic mass is 9.87. The van der Waals surface area contributed by atoms with Gasteiger partial charge in [-0.15, -0.1) is 0 Å². The van der Waals surface area contributed by atoms with Gasteiger partial charge in [0.05, 0.1) is 19.1 Å². The molecule has 2 heterocycles. The molecule has 0 aliphatic carbocycles. The summed E-state index contributed by atoms with van der Waals surface area (Å²) in [5.41, 5.74) is 6.01. The number of rotatable bonds is 13. The van der Waals surface area contributed by atoms with Crippen LogP contribution in [-0.2, 0) is 29.0 Å². The van der Waals surface area contributed by atoms with Gasteiger partial charge in [0.2, 0.25) is 5.91 Å². The summed E-state index contributed by atoms with van der Waals surface area (Å²) in [6.07, 6.45) is 9.03. The van der Waals surface area contributed by atoms with Crippen LogP contribution in [0.2, 0.25) is 0 Å². The molecule has 6 rings (SSSR count). The highest BCUT2D eigenvalue weighted by Crippen LogP contribution is 2.28. The molecule has 272 valence electrons. The summed E-state index contributed by atoms with van der Waals surface area (Å²) in [4.78, 5) is 43.3. The monoisotopic (exact) mass is 763 g/mol. The van der Waals surface area contributed by atoms with Crippen LogP contribution in [0, 0.1) is 11.8 Å². The van der Waals surface area contributed by atoms with E-state index in [1.165, 1.54) is 52.3 Å². The normalized spacial score (nSPS) is 15.3. The van der Waals surface area contributed by atoms with Crippen LogP contribution in [0.3, 0.4) is 0 Å². The molecule has 2 fully saturated rings. The predicted molar refractivity (Wildman–Crippen MR) is 210 cm³/mol. The quantitative estimate of drug-likeness (QED) is 0.138. The molecule has 7 nitrogen and oxygen atoms in total. The summed E-state index contributed by atoms with van der Waals surface area (Å²) in [6.45, 7) is 4.79. The Kier molecular flexibility index (Phi) is 13.3. The van der Waals surface area contributed by atoms with E-state index in [1.54, 1.807) is 12.1 Å². The highest BCUT2D eigenvalue weighted by Gasteiger charge is 2.24. The van der Waals surface area contributed by atoms with Gasteiger partial charge in [0.15, 0.2) is 0 Å². The van der Waals surface area contributed by atoms with Gasteiger partial charge in [0.1, 0.15) is 0 Å². The maximum absolute atomic E-state index is 13.8. The molecular weight excluding hydrogens is 714 g/mol. The van der Waals surface area contributed by atoms with E-state index in [2.05, 4.69) is 33.4 Å². The molecule has 4 aromatic rings. The largest absolute Gasteiger partial charge is 0.465 e. The summed E-state index contributed by atoms with van der Waals surface area (Å²) in [5.74, 6) is 1.33. The average molecular weight is 765 g/mol. The van der Waals surface area contributed by atoms with E-state index in [-0.39, 0.29) is 18.2 Å². The molecule has 1 N–H and O–H groups in total. The minimum absolute atomic E-state index is 0.00269. The number of amides is 2. The molecule has 2 saturated heterocycles. The number of likely N-dealkylation sites (tertiary alicyclic amines) is 1. The molecule has 0 aromatic heterocycles. The number of carbonyl (C=O) groups excluding carboxylic acids is 3. The second kappa shape index (κ2) is 18.5. The third-order valence-corrected chi connectivity index (χ3v) is 11.2. The number of nitrogens with zero attached hydrogens (tertiary/aromatic N) is 2. The van der Waals surface area contributed by atoms with E-state index in [4.69, 9.17) is 4.74 Å². The van der Waals surface area contributed by atoms with Crippen LogP contribution in [0.4, 0.5) is 0 Å². The number of halogens is 1. The number of hydrogen-bond donors (Lipinski definition) is 1. The fraction of sp³-hybridized carbons (Fsp3) is 0.386. The highest BCUT2D eigenvalue weighted by molar-refractivity contribution is 9.10. The Labute approximate surface area is 316 Å². The first kappa shape index (κ1) is 37.5. The van der Waals surface area contributed by atoms with Crippen molar-refractivity contribution < 1.29 is 19.1 Å². The third kappa shape index (κ3) is 10.4. The van der Waals surface area contributed by atoms with Gasteiger partial charge >= 0.3 is 5.97 Å².